The normalized spacial score (nSPS) is 15.2. The van der Waals surface area contributed by atoms with Crippen LogP contribution in [0.15, 0.2) is 18.3 Å². The first-order valence-corrected chi connectivity index (χ1v) is 8.75. The molecule has 0 spiro atoms. The standard InChI is InChI=1S/C18H25N3O4/c1-3-12(4-2)17(23)21-9-7-14(8-10-21)20-16(22)13-5-6-15(18(24)25)19-11-13/h5-6,11-12,14H,3-4,7-10H2,1-2H3,(H,20,22)(H,24,25). The summed E-state index contributed by atoms with van der Waals surface area (Å²) in [4.78, 5) is 41.0. The molecule has 0 radical (unpaired) electrons. The Kier molecular flexibility index (Phi) is 6.50. The number of nitrogens with zero attached hydrogens (tertiary/aromatic N) is 2. The van der Waals surface area contributed by atoms with Crippen LogP contribution in [0.25, 0.3) is 0 Å². The lowest BCUT2D eigenvalue weighted by atomic mass is 9.98. The van der Waals surface area contributed by atoms with Crippen molar-refractivity contribution in [2.45, 2.75) is 45.6 Å². The Morgan fingerprint density at radius 2 is 1.88 bits per heavy atom. The van der Waals surface area contributed by atoms with E-state index in [9.17, 15) is 14.4 Å². The van der Waals surface area contributed by atoms with Gasteiger partial charge in [0.25, 0.3) is 5.91 Å². The molecule has 0 unspecified atom stereocenters. The Hall–Kier alpha value is -2.44. The van der Waals surface area contributed by atoms with Gasteiger partial charge in [-0.05, 0) is 37.8 Å². The second kappa shape index (κ2) is 8.60. The van der Waals surface area contributed by atoms with E-state index in [4.69, 9.17) is 5.11 Å². The van der Waals surface area contributed by atoms with E-state index in [-0.39, 0.29) is 29.5 Å². The fourth-order valence-corrected chi connectivity index (χ4v) is 3.06. The maximum atomic E-state index is 12.4. The molecule has 7 nitrogen and oxygen atoms in total. The van der Waals surface area contributed by atoms with E-state index in [1.54, 1.807) is 0 Å². The minimum atomic E-state index is -1.12. The van der Waals surface area contributed by atoms with Crippen LogP contribution in [-0.4, -0.2) is 51.9 Å². The van der Waals surface area contributed by atoms with Crippen LogP contribution >= 0.6 is 0 Å². The molecule has 1 saturated heterocycles. The molecule has 0 bridgehead atoms. The van der Waals surface area contributed by atoms with Gasteiger partial charge in [-0.3, -0.25) is 9.59 Å². The van der Waals surface area contributed by atoms with Gasteiger partial charge in [0.05, 0.1) is 5.56 Å². The monoisotopic (exact) mass is 347 g/mol. The van der Waals surface area contributed by atoms with Crippen molar-refractivity contribution in [2.24, 2.45) is 5.92 Å². The molecule has 2 heterocycles. The van der Waals surface area contributed by atoms with Gasteiger partial charge in [-0.15, -0.1) is 0 Å². The number of pyridine rings is 1. The minimum Gasteiger partial charge on any atom is -0.477 e. The molecular formula is C18H25N3O4. The summed E-state index contributed by atoms with van der Waals surface area (Å²) >= 11 is 0. The topological polar surface area (TPSA) is 99.6 Å². The van der Waals surface area contributed by atoms with Crippen LogP contribution in [-0.2, 0) is 4.79 Å². The molecule has 2 amide bonds. The lowest BCUT2D eigenvalue weighted by Crippen LogP contribution is -2.48. The van der Waals surface area contributed by atoms with Gasteiger partial charge in [0.1, 0.15) is 5.69 Å². The van der Waals surface area contributed by atoms with Gasteiger partial charge < -0.3 is 15.3 Å². The van der Waals surface area contributed by atoms with E-state index < -0.39 is 5.97 Å². The number of hydrogen-bond acceptors (Lipinski definition) is 4. The van der Waals surface area contributed by atoms with E-state index in [1.165, 1.54) is 18.3 Å². The van der Waals surface area contributed by atoms with Gasteiger partial charge in [0, 0.05) is 31.2 Å². The van der Waals surface area contributed by atoms with Crippen molar-refractivity contribution in [3.05, 3.63) is 29.6 Å². The molecule has 25 heavy (non-hydrogen) atoms. The van der Waals surface area contributed by atoms with Crippen LogP contribution in [0.4, 0.5) is 0 Å². The molecule has 0 atom stereocenters. The zero-order chi connectivity index (χ0) is 18.4. The van der Waals surface area contributed by atoms with Crippen molar-refractivity contribution < 1.29 is 19.5 Å². The summed E-state index contributed by atoms with van der Waals surface area (Å²) < 4.78 is 0. The van der Waals surface area contributed by atoms with E-state index >= 15 is 0 Å². The maximum absolute atomic E-state index is 12.4. The lowest BCUT2D eigenvalue weighted by molar-refractivity contribution is -0.136. The quantitative estimate of drug-likeness (QED) is 0.819. The van der Waals surface area contributed by atoms with Gasteiger partial charge in [0.15, 0.2) is 0 Å². The van der Waals surface area contributed by atoms with Crippen molar-refractivity contribution in [2.75, 3.05) is 13.1 Å². The Morgan fingerprint density at radius 3 is 2.36 bits per heavy atom. The molecular weight excluding hydrogens is 322 g/mol. The number of hydrogen-bond donors (Lipinski definition) is 2. The van der Waals surface area contributed by atoms with Crippen molar-refractivity contribution in [3.63, 3.8) is 0 Å². The summed E-state index contributed by atoms with van der Waals surface area (Å²) in [7, 11) is 0. The second-order valence-electron chi connectivity index (χ2n) is 6.32. The summed E-state index contributed by atoms with van der Waals surface area (Å²) in [5, 5.41) is 11.8. The van der Waals surface area contributed by atoms with Crippen molar-refractivity contribution in [1.82, 2.24) is 15.2 Å². The third-order valence-electron chi connectivity index (χ3n) is 4.72. The molecule has 1 aromatic heterocycles. The van der Waals surface area contributed by atoms with Crippen LogP contribution in [0.2, 0.25) is 0 Å². The summed E-state index contributed by atoms with van der Waals surface area (Å²) in [6.45, 7) is 5.36. The largest absolute Gasteiger partial charge is 0.477 e. The predicted molar refractivity (Wildman–Crippen MR) is 92.3 cm³/mol. The van der Waals surface area contributed by atoms with E-state index in [2.05, 4.69) is 10.3 Å². The number of carbonyl (C=O) groups excluding carboxylic acids is 2. The highest BCUT2D eigenvalue weighted by Gasteiger charge is 2.27. The fraction of sp³-hybridized carbons (Fsp3) is 0.556. The number of aromatic carboxylic acids is 1. The average molecular weight is 347 g/mol. The number of nitrogens with one attached hydrogen (secondary N) is 1. The van der Waals surface area contributed by atoms with Gasteiger partial charge in [-0.1, -0.05) is 13.8 Å². The molecule has 1 aliphatic heterocycles. The van der Waals surface area contributed by atoms with Gasteiger partial charge in [0.2, 0.25) is 5.91 Å². The Bertz CT molecular complexity index is 618. The summed E-state index contributed by atoms with van der Waals surface area (Å²) in [5.74, 6) is -1.09. The molecule has 1 fully saturated rings. The molecule has 0 aromatic carbocycles. The zero-order valence-electron chi connectivity index (χ0n) is 14.7. The number of aromatic nitrogens is 1. The van der Waals surface area contributed by atoms with Gasteiger partial charge in [-0.25, -0.2) is 9.78 Å². The Labute approximate surface area is 147 Å². The highest BCUT2D eigenvalue weighted by atomic mass is 16.4. The third kappa shape index (κ3) is 4.78. The molecule has 7 heteroatoms. The van der Waals surface area contributed by atoms with Crippen molar-refractivity contribution in [3.8, 4) is 0 Å². The minimum absolute atomic E-state index is 0.0115. The first-order chi connectivity index (χ1) is 12.0. The average Bonchev–Trinajstić information content (AvgIpc) is 2.63. The smallest absolute Gasteiger partial charge is 0.354 e. The summed E-state index contributed by atoms with van der Waals surface area (Å²) in [6, 6.07) is 2.78. The number of carboxylic acid groups (broad SMARTS) is 1. The number of carboxylic acids is 1. The third-order valence-corrected chi connectivity index (χ3v) is 4.72. The van der Waals surface area contributed by atoms with Crippen molar-refractivity contribution in [1.29, 1.82) is 0 Å². The lowest BCUT2D eigenvalue weighted by Gasteiger charge is -2.34. The van der Waals surface area contributed by atoms with Crippen LogP contribution in [0.3, 0.4) is 0 Å². The molecule has 2 N–H and O–H groups in total. The zero-order valence-corrected chi connectivity index (χ0v) is 14.7. The molecule has 1 aliphatic rings. The molecule has 0 saturated carbocycles. The Morgan fingerprint density at radius 1 is 1.24 bits per heavy atom. The van der Waals surface area contributed by atoms with E-state index in [0.29, 0.717) is 18.7 Å². The first kappa shape index (κ1) is 18.9. The number of piperidine rings is 1. The van der Waals surface area contributed by atoms with E-state index in [0.717, 1.165) is 25.7 Å². The number of carbonyl (C=O) groups is 3. The molecule has 136 valence electrons. The predicted octanol–water partition coefficient (Wildman–Crippen LogP) is 1.94. The number of likely N-dealkylation sites (tertiary alicyclic amines) is 1. The van der Waals surface area contributed by atoms with Crippen LogP contribution < -0.4 is 5.32 Å². The number of amides is 2. The van der Waals surface area contributed by atoms with Crippen LogP contribution in [0.5, 0.6) is 0 Å². The first-order valence-electron chi connectivity index (χ1n) is 8.75. The van der Waals surface area contributed by atoms with Crippen LogP contribution in [0.1, 0.15) is 60.4 Å². The molecule has 2 rings (SSSR count). The van der Waals surface area contributed by atoms with Crippen molar-refractivity contribution >= 4 is 17.8 Å². The van der Waals surface area contributed by atoms with Gasteiger partial charge >= 0.3 is 5.97 Å². The highest BCUT2D eigenvalue weighted by Crippen LogP contribution is 2.17. The van der Waals surface area contributed by atoms with E-state index in [1.807, 2.05) is 18.7 Å². The molecule has 1 aromatic rings. The highest BCUT2D eigenvalue weighted by molar-refractivity contribution is 5.95. The Balaban J connectivity index is 1.86. The number of rotatable bonds is 6. The molecule has 0 aliphatic carbocycles. The summed E-state index contributed by atoms with van der Waals surface area (Å²) in [5.41, 5.74) is 0.241. The summed E-state index contributed by atoms with van der Waals surface area (Å²) in [6.07, 6.45) is 4.41. The maximum Gasteiger partial charge on any atom is 0.354 e. The SMILES string of the molecule is CCC(CC)C(=O)N1CCC(NC(=O)c2ccc(C(=O)O)nc2)CC1. The van der Waals surface area contributed by atoms with Gasteiger partial charge in [-0.2, -0.15) is 0 Å². The fourth-order valence-electron chi connectivity index (χ4n) is 3.06. The van der Waals surface area contributed by atoms with Crippen LogP contribution in [0, 0.1) is 5.92 Å². The second-order valence-corrected chi connectivity index (χ2v) is 6.32.